The van der Waals surface area contributed by atoms with Crippen LogP contribution in [-0.4, -0.2) is 100 Å². The summed E-state index contributed by atoms with van der Waals surface area (Å²) >= 11 is 0. The maximum atomic E-state index is 11.9. The van der Waals surface area contributed by atoms with Crippen LogP contribution in [0.5, 0.6) is 11.5 Å². The standard InChI is InChI=1S/C19H31N5O13/c20-14-4-5-15(16(17(14)26)18(21)27)36-19(28)22-6-7-33-8-9-34-10-12(25)2-1-3-13(37-24(31)32)11-35-23(29)30/h4-5,13,26,29-32H,1-3,6-11,20H2,(H2,21,27)(H,22,28). The Hall–Kier alpha value is -3.17. The van der Waals surface area contributed by atoms with Gasteiger partial charge in [-0.15, -0.1) is 0 Å². The Kier molecular flexibility index (Phi) is 14.9. The molecule has 0 aliphatic rings. The molecule has 1 atom stereocenters. The lowest BCUT2D eigenvalue weighted by atomic mass is 10.1. The largest absolute Gasteiger partial charge is 0.505 e. The minimum atomic E-state index is -1.03. The van der Waals surface area contributed by atoms with E-state index in [9.17, 15) is 19.5 Å². The topological polar surface area (TPSA) is 269 Å². The number of amides is 2. The Morgan fingerprint density at radius 3 is 2.38 bits per heavy atom. The summed E-state index contributed by atoms with van der Waals surface area (Å²) in [7, 11) is 0. The van der Waals surface area contributed by atoms with E-state index in [2.05, 4.69) is 15.0 Å². The molecule has 0 aliphatic heterocycles. The van der Waals surface area contributed by atoms with E-state index in [0.29, 0.717) is 0 Å². The van der Waals surface area contributed by atoms with Crippen LogP contribution in [0.15, 0.2) is 12.1 Å². The van der Waals surface area contributed by atoms with Gasteiger partial charge in [0.1, 0.15) is 30.6 Å². The molecule has 0 spiro atoms. The van der Waals surface area contributed by atoms with Crippen molar-refractivity contribution in [3.63, 3.8) is 0 Å². The molecule has 0 aromatic heterocycles. The molecule has 1 rings (SSSR count). The molecule has 0 heterocycles. The lowest BCUT2D eigenvalue weighted by Crippen LogP contribution is -2.31. The molecule has 18 nitrogen and oxygen atoms in total. The van der Waals surface area contributed by atoms with Crippen molar-refractivity contribution in [3.05, 3.63) is 17.7 Å². The van der Waals surface area contributed by atoms with E-state index in [0.717, 1.165) is 0 Å². The number of phenols is 1. The Morgan fingerprint density at radius 2 is 1.73 bits per heavy atom. The molecule has 0 aliphatic carbocycles. The summed E-state index contributed by atoms with van der Waals surface area (Å²) < 4.78 is 15.4. The summed E-state index contributed by atoms with van der Waals surface area (Å²) in [6, 6.07) is 2.45. The van der Waals surface area contributed by atoms with E-state index in [1.54, 1.807) is 0 Å². The third-order valence-corrected chi connectivity index (χ3v) is 4.37. The van der Waals surface area contributed by atoms with Gasteiger partial charge < -0.3 is 36.1 Å². The van der Waals surface area contributed by atoms with E-state index in [-0.39, 0.29) is 69.5 Å². The van der Waals surface area contributed by atoms with Gasteiger partial charge in [0.2, 0.25) is 0 Å². The van der Waals surface area contributed by atoms with Gasteiger partial charge in [-0.2, -0.15) is 0 Å². The van der Waals surface area contributed by atoms with Crippen molar-refractivity contribution in [2.24, 2.45) is 5.73 Å². The van der Waals surface area contributed by atoms with Crippen molar-refractivity contribution < 1.29 is 64.2 Å². The summed E-state index contributed by atoms with van der Waals surface area (Å²) in [4.78, 5) is 44.0. The van der Waals surface area contributed by atoms with Gasteiger partial charge in [0.05, 0.1) is 36.3 Å². The number of carbonyl (C=O) groups is 3. The lowest BCUT2D eigenvalue weighted by molar-refractivity contribution is -0.527. The summed E-state index contributed by atoms with van der Waals surface area (Å²) in [5, 5.41) is 45.4. The summed E-state index contributed by atoms with van der Waals surface area (Å²) in [5.74, 6) is -2.13. The summed E-state index contributed by atoms with van der Waals surface area (Å²) in [6.45, 7) is -0.289. The van der Waals surface area contributed by atoms with Gasteiger partial charge in [0.15, 0.2) is 11.5 Å². The van der Waals surface area contributed by atoms with Crippen LogP contribution in [0.25, 0.3) is 0 Å². The van der Waals surface area contributed by atoms with Gasteiger partial charge in [0, 0.05) is 13.0 Å². The molecule has 37 heavy (non-hydrogen) atoms. The zero-order valence-corrected chi connectivity index (χ0v) is 19.6. The number of primary amides is 1. The van der Waals surface area contributed by atoms with Gasteiger partial charge in [0.25, 0.3) is 5.91 Å². The van der Waals surface area contributed by atoms with Crippen molar-refractivity contribution in [1.82, 2.24) is 16.1 Å². The number of rotatable bonds is 19. The number of Topliss-reactive ketones (excluding diaryl/α,β-unsaturated/α-hetero) is 1. The fourth-order valence-corrected chi connectivity index (χ4v) is 2.73. The van der Waals surface area contributed by atoms with Crippen molar-refractivity contribution in [3.8, 4) is 11.5 Å². The fraction of sp³-hybridized carbons (Fsp3) is 0.526. The van der Waals surface area contributed by atoms with Gasteiger partial charge >= 0.3 is 6.09 Å². The number of ether oxygens (including phenoxy) is 3. The molecular formula is C19H31N5O13. The van der Waals surface area contributed by atoms with E-state index in [4.69, 9.17) is 46.5 Å². The quantitative estimate of drug-likeness (QED) is 0.0470. The average Bonchev–Trinajstić information content (AvgIpc) is 2.80. The van der Waals surface area contributed by atoms with Crippen molar-refractivity contribution in [2.75, 3.05) is 45.3 Å². The molecule has 2 amide bonds. The highest BCUT2D eigenvalue weighted by Crippen LogP contribution is 2.32. The van der Waals surface area contributed by atoms with Crippen LogP contribution >= 0.6 is 0 Å². The molecule has 0 radical (unpaired) electrons. The van der Waals surface area contributed by atoms with Gasteiger partial charge in [-0.05, 0) is 25.0 Å². The minimum Gasteiger partial charge on any atom is -0.505 e. The highest BCUT2D eigenvalue weighted by Gasteiger charge is 2.20. The van der Waals surface area contributed by atoms with Crippen LogP contribution in [0.4, 0.5) is 10.5 Å². The molecule has 0 saturated heterocycles. The molecule has 10 N–H and O–H groups in total. The highest BCUT2D eigenvalue weighted by atomic mass is 17.1. The Morgan fingerprint density at radius 1 is 1.03 bits per heavy atom. The van der Waals surface area contributed by atoms with Gasteiger partial charge in [-0.3, -0.25) is 30.4 Å². The second kappa shape index (κ2) is 17.3. The molecule has 0 bridgehead atoms. The first-order valence-corrected chi connectivity index (χ1v) is 10.7. The number of nitrogens with two attached hydrogens (primary N) is 2. The number of ketones is 1. The number of nitrogens with one attached hydrogen (secondary N) is 1. The smallest absolute Gasteiger partial charge is 0.412 e. The van der Waals surface area contributed by atoms with Crippen molar-refractivity contribution in [2.45, 2.75) is 25.4 Å². The lowest BCUT2D eigenvalue weighted by Gasteiger charge is -2.18. The van der Waals surface area contributed by atoms with E-state index >= 15 is 0 Å². The van der Waals surface area contributed by atoms with Gasteiger partial charge in [-0.1, -0.05) is 0 Å². The number of aromatic hydroxyl groups is 1. The minimum absolute atomic E-state index is 0.0427. The normalized spacial score (nSPS) is 12.1. The summed E-state index contributed by atoms with van der Waals surface area (Å²) in [5.41, 5.74) is 10.1. The van der Waals surface area contributed by atoms with Crippen LogP contribution in [0.1, 0.15) is 29.6 Å². The molecule has 0 saturated carbocycles. The molecule has 1 aromatic rings. The Balaban J connectivity index is 2.15. The molecule has 1 aromatic carbocycles. The van der Waals surface area contributed by atoms with Crippen LogP contribution in [0.2, 0.25) is 0 Å². The summed E-state index contributed by atoms with van der Waals surface area (Å²) in [6.07, 6.45) is -1.44. The maximum absolute atomic E-state index is 11.9. The molecule has 0 fully saturated rings. The monoisotopic (exact) mass is 537 g/mol. The zero-order chi connectivity index (χ0) is 27.8. The average molecular weight is 537 g/mol. The number of hydrogen-bond donors (Lipinski definition) is 8. The van der Waals surface area contributed by atoms with Crippen molar-refractivity contribution in [1.29, 1.82) is 0 Å². The van der Waals surface area contributed by atoms with Crippen LogP contribution < -0.4 is 21.5 Å². The first-order chi connectivity index (χ1) is 17.5. The molecule has 18 heteroatoms. The predicted molar refractivity (Wildman–Crippen MR) is 117 cm³/mol. The van der Waals surface area contributed by atoms with Crippen LogP contribution in [0.3, 0.4) is 0 Å². The first kappa shape index (κ1) is 31.9. The SMILES string of the molecule is NC(=O)c1c(OC(=O)NCCOCCOCC(=O)CCCC(CON(O)O)ON(O)O)ccc(N)c1O. The van der Waals surface area contributed by atoms with E-state index in [1.165, 1.54) is 12.1 Å². The van der Waals surface area contributed by atoms with Crippen molar-refractivity contribution >= 4 is 23.5 Å². The molecular weight excluding hydrogens is 506 g/mol. The highest BCUT2D eigenvalue weighted by molar-refractivity contribution is 6.00. The molecule has 1 unspecified atom stereocenters. The number of hydrogen-bond acceptors (Lipinski definition) is 16. The number of nitrogens with zero attached hydrogens (tertiary/aromatic N) is 2. The Labute approximate surface area is 210 Å². The zero-order valence-electron chi connectivity index (χ0n) is 19.6. The second-order valence-corrected chi connectivity index (χ2v) is 7.18. The number of benzene rings is 1. The van der Waals surface area contributed by atoms with E-state index in [1.807, 2.05) is 0 Å². The van der Waals surface area contributed by atoms with E-state index < -0.39 is 46.8 Å². The van der Waals surface area contributed by atoms with Crippen LogP contribution in [0, 0.1) is 0 Å². The third kappa shape index (κ3) is 13.6. The van der Waals surface area contributed by atoms with Gasteiger partial charge in [-0.25, -0.2) is 14.5 Å². The first-order valence-electron chi connectivity index (χ1n) is 10.7. The number of nitrogen functional groups attached to an aromatic ring is 1. The third-order valence-electron chi connectivity index (χ3n) is 4.37. The maximum Gasteiger partial charge on any atom is 0.412 e. The second-order valence-electron chi connectivity index (χ2n) is 7.18. The molecule has 210 valence electrons. The van der Waals surface area contributed by atoms with Crippen LogP contribution in [-0.2, 0) is 23.9 Å². The number of carbonyl (C=O) groups excluding carboxylic acids is 3. The number of anilines is 1. The Bertz CT molecular complexity index is 871. The predicted octanol–water partition coefficient (Wildman–Crippen LogP) is -0.673. The fourth-order valence-electron chi connectivity index (χ4n) is 2.73.